The van der Waals surface area contributed by atoms with Crippen molar-refractivity contribution in [1.29, 1.82) is 0 Å². The number of carbonyl (C=O) groups is 2. The molecule has 1 aromatic heterocycles. The van der Waals surface area contributed by atoms with E-state index in [4.69, 9.17) is 27.9 Å². The summed E-state index contributed by atoms with van der Waals surface area (Å²) in [5, 5.41) is 2.42. The molecule has 4 rings (SSSR count). The van der Waals surface area contributed by atoms with E-state index in [-0.39, 0.29) is 42.7 Å². The lowest BCUT2D eigenvalue weighted by Crippen LogP contribution is -2.50. The monoisotopic (exact) mass is 630 g/mol. The second kappa shape index (κ2) is 12.9. The smallest absolute Gasteiger partial charge is 0.307 e. The summed E-state index contributed by atoms with van der Waals surface area (Å²) >= 11 is 12.7. The zero-order chi connectivity index (χ0) is 30.7. The second-order valence-electron chi connectivity index (χ2n) is 10.8. The maximum absolute atomic E-state index is 13.3. The number of esters is 1. The fraction of sp³-hybridized carbons (Fsp3) is 0.367. The van der Waals surface area contributed by atoms with Crippen molar-refractivity contribution < 1.29 is 22.7 Å². The summed E-state index contributed by atoms with van der Waals surface area (Å²) in [7, 11) is -3.10. The minimum atomic E-state index is -3.10. The molecule has 1 fully saturated rings. The summed E-state index contributed by atoms with van der Waals surface area (Å²) in [5.74, 6) is 5.71. The van der Waals surface area contributed by atoms with E-state index in [1.54, 1.807) is 30.1 Å². The van der Waals surface area contributed by atoms with Gasteiger partial charge < -0.3 is 4.74 Å². The van der Waals surface area contributed by atoms with Crippen molar-refractivity contribution in [2.75, 3.05) is 24.6 Å². The lowest BCUT2D eigenvalue weighted by Gasteiger charge is -2.26. The second-order valence-corrected chi connectivity index (χ2v) is 14.0. The molecule has 222 valence electrons. The fourth-order valence-corrected chi connectivity index (χ4v) is 6.01. The zero-order valence-electron chi connectivity index (χ0n) is 23.8. The molecule has 12 heteroatoms. The van der Waals surface area contributed by atoms with Gasteiger partial charge in [0.05, 0.1) is 28.6 Å². The Balaban J connectivity index is 1.60. The molecule has 42 heavy (non-hydrogen) atoms. The minimum absolute atomic E-state index is 0.0252. The molecule has 0 saturated carbocycles. The molecule has 1 saturated heterocycles. The Kier molecular flexibility index (Phi) is 9.68. The summed E-state index contributed by atoms with van der Waals surface area (Å²) in [5.41, 5.74) is 5.06. The number of aromatic nitrogens is 2. The van der Waals surface area contributed by atoms with Crippen LogP contribution >= 0.6 is 23.2 Å². The number of benzene rings is 2. The average Bonchev–Trinajstić information content (AvgIpc) is 3.24. The van der Waals surface area contributed by atoms with Crippen LogP contribution in [-0.4, -0.2) is 65.1 Å². The van der Waals surface area contributed by atoms with Crippen molar-refractivity contribution in [2.24, 2.45) is 0 Å². The van der Waals surface area contributed by atoms with Gasteiger partial charge >= 0.3 is 5.97 Å². The van der Waals surface area contributed by atoms with Crippen LogP contribution in [0.25, 0.3) is 17.1 Å². The minimum Gasteiger partial charge on any atom is -0.460 e. The summed E-state index contributed by atoms with van der Waals surface area (Å²) in [6.45, 7) is 7.65. The van der Waals surface area contributed by atoms with Crippen LogP contribution < -0.4 is 5.43 Å². The first kappa shape index (κ1) is 31.6. The first-order valence-electron chi connectivity index (χ1n) is 13.3. The van der Waals surface area contributed by atoms with Crippen molar-refractivity contribution >= 4 is 44.9 Å². The van der Waals surface area contributed by atoms with E-state index in [9.17, 15) is 18.0 Å². The number of amides is 1. The third-order valence-electron chi connectivity index (χ3n) is 6.33. The van der Waals surface area contributed by atoms with E-state index >= 15 is 0 Å². The highest BCUT2D eigenvalue weighted by atomic mass is 35.5. The van der Waals surface area contributed by atoms with Gasteiger partial charge in [0.15, 0.2) is 15.5 Å². The van der Waals surface area contributed by atoms with Gasteiger partial charge in [-0.25, -0.2) is 18.4 Å². The standard InChI is InChI=1S/C30H32Cl2N4O5S/c1-20-27(29(38)34-35-15-17-42(39,40)18-16-35)33-28(24-14-11-22(31)19-25(24)32)36(20)23-12-9-21(10-13-23)7-5-6-8-26(37)41-30(2,3)4/h9-14,19H,6,8,15-18H2,1-4H3,(H,34,38). The molecular weight excluding hydrogens is 599 g/mol. The number of hydrogen-bond acceptors (Lipinski definition) is 7. The molecular formula is C30H32Cl2N4O5S. The van der Waals surface area contributed by atoms with E-state index in [1.807, 2.05) is 49.6 Å². The third kappa shape index (κ3) is 8.13. The number of carbonyl (C=O) groups excluding carboxylic acids is 2. The molecule has 1 aliphatic heterocycles. The quantitative estimate of drug-likeness (QED) is 0.301. The van der Waals surface area contributed by atoms with Gasteiger partial charge in [0, 0.05) is 41.3 Å². The van der Waals surface area contributed by atoms with Crippen LogP contribution in [0.3, 0.4) is 0 Å². The lowest BCUT2D eigenvalue weighted by atomic mass is 10.1. The van der Waals surface area contributed by atoms with E-state index in [0.29, 0.717) is 33.5 Å². The van der Waals surface area contributed by atoms with E-state index in [2.05, 4.69) is 22.3 Å². The van der Waals surface area contributed by atoms with Crippen LogP contribution in [0.4, 0.5) is 0 Å². The number of hydrogen-bond donors (Lipinski definition) is 1. The number of ether oxygens (including phenoxy) is 1. The fourth-order valence-electron chi connectivity index (χ4n) is 4.32. The van der Waals surface area contributed by atoms with Gasteiger partial charge in [-0.05, 0) is 70.2 Å². The SMILES string of the molecule is Cc1c(C(=O)NN2CCS(=O)(=O)CC2)nc(-c2ccc(Cl)cc2Cl)n1-c1ccc(C#CCCC(=O)OC(C)(C)C)cc1. The highest BCUT2D eigenvalue weighted by Gasteiger charge is 2.27. The highest BCUT2D eigenvalue weighted by molar-refractivity contribution is 7.91. The van der Waals surface area contributed by atoms with E-state index < -0.39 is 21.3 Å². The van der Waals surface area contributed by atoms with Crippen LogP contribution in [0, 0.1) is 18.8 Å². The Hall–Kier alpha value is -3.36. The number of hydrazine groups is 1. The highest BCUT2D eigenvalue weighted by Crippen LogP contribution is 2.33. The van der Waals surface area contributed by atoms with Gasteiger partial charge in [0.2, 0.25) is 0 Å². The molecule has 0 radical (unpaired) electrons. The van der Waals surface area contributed by atoms with Gasteiger partial charge in [-0.3, -0.25) is 19.6 Å². The van der Waals surface area contributed by atoms with Gasteiger partial charge in [0.1, 0.15) is 11.4 Å². The van der Waals surface area contributed by atoms with Crippen LogP contribution in [0.1, 0.15) is 55.4 Å². The summed E-state index contributed by atoms with van der Waals surface area (Å²) in [4.78, 5) is 29.9. The maximum Gasteiger partial charge on any atom is 0.307 e. The Morgan fingerprint density at radius 1 is 1.07 bits per heavy atom. The van der Waals surface area contributed by atoms with Crippen molar-refractivity contribution in [1.82, 2.24) is 20.0 Å². The Bertz CT molecular complexity index is 1650. The Labute approximate surface area is 256 Å². The Morgan fingerprint density at radius 2 is 1.74 bits per heavy atom. The topological polar surface area (TPSA) is 111 Å². The molecule has 3 aromatic rings. The summed E-state index contributed by atoms with van der Waals surface area (Å²) < 4.78 is 30.7. The predicted molar refractivity (Wildman–Crippen MR) is 163 cm³/mol. The third-order valence-corrected chi connectivity index (χ3v) is 8.49. The molecule has 1 N–H and O–H groups in total. The summed E-state index contributed by atoms with van der Waals surface area (Å²) in [6, 6.07) is 12.4. The van der Waals surface area contributed by atoms with Crippen molar-refractivity contribution in [3.63, 3.8) is 0 Å². The first-order valence-corrected chi connectivity index (χ1v) is 15.9. The lowest BCUT2D eigenvalue weighted by molar-refractivity contribution is -0.154. The van der Waals surface area contributed by atoms with E-state index in [0.717, 1.165) is 11.3 Å². The normalized spacial score (nSPS) is 15.0. The van der Waals surface area contributed by atoms with Gasteiger partial charge in [0.25, 0.3) is 5.91 Å². The number of nitrogens with one attached hydrogen (secondary N) is 1. The predicted octanol–water partition coefficient (Wildman–Crippen LogP) is 5.00. The number of rotatable bonds is 6. The first-order chi connectivity index (χ1) is 19.7. The molecule has 0 bridgehead atoms. The molecule has 0 unspecified atom stereocenters. The largest absolute Gasteiger partial charge is 0.460 e. The van der Waals surface area contributed by atoms with Crippen molar-refractivity contribution in [2.45, 2.75) is 46.1 Å². The average molecular weight is 632 g/mol. The molecule has 2 aromatic carbocycles. The molecule has 0 spiro atoms. The number of halogens is 2. The van der Waals surface area contributed by atoms with Crippen LogP contribution in [0.15, 0.2) is 42.5 Å². The van der Waals surface area contributed by atoms with Gasteiger partial charge in [-0.15, -0.1) is 0 Å². The maximum atomic E-state index is 13.3. The van der Waals surface area contributed by atoms with Crippen molar-refractivity contribution in [3.05, 3.63) is 69.5 Å². The van der Waals surface area contributed by atoms with Crippen molar-refractivity contribution in [3.8, 4) is 28.9 Å². The van der Waals surface area contributed by atoms with Gasteiger partial charge in [-0.1, -0.05) is 35.0 Å². The molecule has 2 heterocycles. The molecule has 1 aliphatic rings. The summed E-state index contributed by atoms with van der Waals surface area (Å²) in [6.07, 6.45) is 0.581. The van der Waals surface area contributed by atoms with Crippen LogP contribution in [-0.2, 0) is 19.4 Å². The number of imidazole rings is 1. The number of nitrogens with zero attached hydrogens (tertiary/aromatic N) is 3. The molecule has 9 nitrogen and oxygen atoms in total. The molecule has 0 aliphatic carbocycles. The number of sulfone groups is 1. The zero-order valence-corrected chi connectivity index (χ0v) is 26.2. The van der Waals surface area contributed by atoms with Crippen LogP contribution in [0.5, 0.6) is 0 Å². The van der Waals surface area contributed by atoms with Gasteiger partial charge in [-0.2, -0.15) is 0 Å². The Morgan fingerprint density at radius 3 is 2.36 bits per heavy atom. The van der Waals surface area contributed by atoms with Crippen LogP contribution in [0.2, 0.25) is 10.0 Å². The van der Waals surface area contributed by atoms with E-state index in [1.165, 1.54) is 0 Å². The molecule has 0 atom stereocenters. The molecule has 1 amide bonds.